The highest BCUT2D eigenvalue weighted by atomic mass is 16.2. The predicted octanol–water partition coefficient (Wildman–Crippen LogP) is 4.03. The van der Waals surface area contributed by atoms with Gasteiger partial charge in [-0.05, 0) is 42.5 Å². The molecule has 23 heavy (non-hydrogen) atoms. The molecule has 0 saturated heterocycles. The Bertz CT molecular complexity index is 622. The van der Waals surface area contributed by atoms with Gasteiger partial charge in [-0.25, -0.2) is 0 Å². The standard InChI is InChI=1S/C20H26N2O/c1-2-17-8-10-18(11-9-17)16-21-19(23)20(12-4-3-5-13-20)22-14-6-7-15-22/h6-11,14-15H,2-5,12-13,16H2,1H3,(H,21,23). The second-order valence-corrected chi connectivity index (χ2v) is 6.54. The van der Waals surface area contributed by atoms with Gasteiger partial charge in [0.2, 0.25) is 5.91 Å². The molecule has 1 aromatic carbocycles. The van der Waals surface area contributed by atoms with Crippen molar-refractivity contribution in [1.29, 1.82) is 0 Å². The summed E-state index contributed by atoms with van der Waals surface area (Å²) >= 11 is 0. The van der Waals surface area contributed by atoms with E-state index in [1.54, 1.807) is 0 Å². The lowest BCUT2D eigenvalue weighted by molar-refractivity contribution is -0.131. The van der Waals surface area contributed by atoms with Crippen LogP contribution in [0.25, 0.3) is 0 Å². The summed E-state index contributed by atoms with van der Waals surface area (Å²) in [5.74, 6) is 0.160. The summed E-state index contributed by atoms with van der Waals surface area (Å²) in [5, 5.41) is 3.18. The second kappa shape index (κ2) is 7.03. The maximum atomic E-state index is 13.0. The summed E-state index contributed by atoms with van der Waals surface area (Å²) in [6.45, 7) is 2.76. The minimum atomic E-state index is -0.398. The fourth-order valence-corrected chi connectivity index (χ4v) is 3.60. The van der Waals surface area contributed by atoms with Gasteiger partial charge in [-0.2, -0.15) is 0 Å². The van der Waals surface area contributed by atoms with Crippen molar-refractivity contribution >= 4 is 5.91 Å². The van der Waals surface area contributed by atoms with Gasteiger partial charge in [0.25, 0.3) is 0 Å². The van der Waals surface area contributed by atoms with Crippen LogP contribution in [0, 0.1) is 0 Å². The lowest BCUT2D eigenvalue weighted by Gasteiger charge is -2.37. The number of hydrogen-bond acceptors (Lipinski definition) is 1. The molecule has 3 rings (SSSR count). The summed E-state index contributed by atoms with van der Waals surface area (Å²) in [5.41, 5.74) is 2.09. The third-order valence-corrected chi connectivity index (χ3v) is 5.09. The van der Waals surface area contributed by atoms with Crippen LogP contribution in [0.3, 0.4) is 0 Å². The van der Waals surface area contributed by atoms with Crippen LogP contribution >= 0.6 is 0 Å². The molecule has 1 saturated carbocycles. The molecule has 1 amide bonds. The SMILES string of the molecule is CCc1ccc(CNC(=O)C2(n3cccc3)CCCCC2)cc1. The van der Waals surface area contributed by atoms with Crippen molar-refractivity contribution in [3.63, 3.8) is 0 Å². The minimum Gasteiger partial charge on any atom is -0.350 e. The van der Waals surface area contributed by atoms with E-state index in [4.69, 9.17) is 0 Å². The Morgan fingerprint density at radius 2 is 1.65 bits per heavy atom. The molecule has 1 aromatic heterocycles. The molecule has 0 aliphatic heterocycles. The zero-order valence-corrected chi connectivity index (χ0v) is 13.9. The van der Waals surface area contributed by atoms with Crippen LogP contribution in [0.4, 0.5) is 0 Å². The second-order valence-electron chi connectivity index (χ2n) is 6.54. The number of aryl methyl sites for hydroxylation is 1. The number of hydrogen-bond donors (Lipinski definition) is 1. The molecule has 0 atom stereocenters. The monoisotopic (exact) mass is 310 g/mol. The molecular weight excluding hydrogens is 284 g/mol. The quantitative estimate of drug-likeness (QED) is 0.889. The summed E-state index contributed by atoms with van der Waals surface area (Å²) < 4.78 is 2.11. The minimum absolute atomic E-state index is 0.160. The molecule has 3 heteroatoms. The average Bonchev–Trinajstić information content (AvgIpc) is 3.16. The Labute approximate surface area is 138 Å². The Morgan fingerprint density at radius 3 is 2.26 bits per heavy atom. The topological polar surface area (TPSA) is 34.0 Å². The molecule has 122 valence electrons. The first kappa shape index (κ1) is 15.9. The fraction of sp³-hybridized carbons (Fsp3) is 0.450. The highest BCUT2D eigenvalue weighted by Gasteiger charge is 2.40. The normalized spacial score (nSPS) is 16.9. The molecule has 1 aliphatic rings. The van der Waals surface area contributed by atoms with Crippen molar-refractivity contribution in [1.82, 2.24) is 9.88 Å². The van der Waals surface area contributed by atoms with Crippen molar-refractivity contribution in [2.75, 3.05) is 0 Å². The number of aromatic nitrogens is 1. The predicted molar refractivity (Wildman–Crippen MR) is 93.2 cm³/mol. The van der Waals surface area contributed by atoms with Crippen LogP contribution in [-0.2, 0) is 23.3 Å². The van der Waals surface area contributed by atoms with Crippen molar-refractivity contribution in [3.8, 4) is 0 Å². The van der Waals surface area contributed by atoms with Crippen molar-refractivity contribution in [2.24, 2.45) is 0 Å². The summed E-state index contributed by atoms with van der Waals surface area (Å²) in [7, 11) is 0. The van der Waals surface area contributed by atoms with Crippen LogP contribution < -0.4 is 5.32 Å². The largest absolute Gasteiger partial charge is 0.350 e. The number of amides is 1. The van der Waals surface area contributed by atoms with Crippen LogP contribution in [0.15, 0.2) is 48.8 Å². The van der Waals surface area contributed by atoms with E-state index in [1.807, 2.05) is 24.5 Å². The first-order valence-corrected chi connectivity index (χ1v) is 8.74. The zero-order chi connectivity index (χ0) is 16.1. The molecule has 0 radical (unpaired) electrons. The molecule has 1 N–H and O–H groups in total. The molecule has 3 nitrogen and oxygen atoms in total. The van der Waals surface area contributed by atoms with E-state index < -0.39 is 5.54 Å². The number of carbonyl (C=O) groups excluding carboxylic acids is 1. The van der Waals surface area contributed by atoms with Crippen LogP contribution in [0.2, 0.25) is 0 Å². The Kier molecular flexibility index (Phi) is 4.85. The van der Waals surface area contributed by atoms with Gasteiger partial charge in [-0.3, -0.25) is 4.79 Å². The van der Waals surface area contributed by atoms with E-state index in [9.17, 15) is 4.79 Å². The first-order valence-electron chi connectivity index (χ1n) is 8.74. The first-order chi connectivity index (χ1) is 11.2. The molecule has 0 bridgehead atoms. The Balaban J connectivity index is 1.71. The van der Waals surface area contributed by atoms with E-state index in [0.29, 0.717) is 6.54 Å². The zero-order valence-electron chi connectivity index (χ0n) is 13.9. The Hall–Kier alpha value is -2.03. The van der Waals surface area contributed by atoms with Crippen molar-refractivity contribution < 1.29 is 4.79 Å². The van der Waals surface area contributed by atoms with E-state index in [-0.39, 0.29) is 5.91 Å². The smallest absolute Gasteiger partial charge is 0.246 e. The van der Waals surface area contributed by atoms with Crippen LogP contribution in [0.5, 0.6) is 0 Å². The number of carbonyl (C=O) groups is 1. The highest BCUT2D eigenvalue weighted by molar-refractivity contribution is 5.84. The third kappa shape index (κ3) is 3.34. The molecule has 2 aromatic rings. The molecule has 1 fully saturated rings. The average molecular weight is 310 g/mol. The number of nitrogens with zero attached hydrogens (tertiary/aromatic N) is 1. The Morgan fingerprint density at radius 1 is 1.04 bits per heavy atom. The van der Waals surface area contributed by atoms with Crippen LogP contribution in [0.1, 0.15) is 50.2 Å². The third-order valence-electron chi connectivity index (χ3n) is 5.09. The molecule has 1 aliphatic carbocycles. The van der Waals surface area contributed by atoms with E-state index in [0.717, 1.165) is 37.7 Å². The summed E-state index contributed by atoms with van der Waals surface area (Å²) in [4.78, 5) is 13.0. The van der Waals surface area contributed by atoms with Gasteiger partial charge in [-0.15, -0.1) is 0 Å². The van der Waals surface area contributed by atoms with Crippen molar-refractivity contribution in [2.45, 2.75) is 57.5 Å². The van der Waals surface area contributed by atoms with E-state index in [2.05, 4.69) is 41.1 Å². The highest BCUT2D eigenvalue weighted by Crippen LogP contribution is 2.35. The lowest BCUT2D eigenvalue weighted by Crippen LogP contribution is -2.49. The van der Waals surface area contributed by atoms with Gasteiger partial charge in [0.15, 0.2) is 0 Å². The lowest BCUT2D eigenvalue weighted by atomic mass is 9.80. The van der Waals surface area contributed by atoms with Gasteiger partial charge in [0, 0.05) is 18.9 Å². The van der Waals surface area contributed by atoms with Gasteiger partial charge >= 0.3 is 0 Å². The van der Waals surface area contributed by atoms with Gasteiger partial charge in [0.1, 0.15) is 5.54 Å². The number of nitrogens with one attached hydrogen (secondary N) is 1. The number of rotatable bonds is 5. The van der Waals surface area contributed by atoms with Crippen LogP contribution in [-0.4, -0.2) is 10.5 Å². The van der Waals surface area contributed by atoms with Gasteiger partial charge < -0.3 is 9.88 Å². The van der Waals surface area contributed by atoms with Gasteiger partial charge in [-0.1, -0.05) is 50.5 Å². The van der Waals surface area contributed by atoms with Gasteiger partial charge in [0.05, 0.1) is 0 Å². The van der Waals surface area contributed by atoms with Crippen molar-refractivity contribution in [3.05, 3.63) is 59.9 Å². The molecule has 0 unspecified atom stereocenters. The maximum Gasteiger partial charge on any atom is 0.246 e. The summed E-state index contributed by atoms with van der Waals surface area (Å²) in [6, 6.07) is 12.5. The van der Waals surface area contributed by atoms with E-state index >= 15 is 0 Å². The maximum absolute atomic E-state index is 13.0. The molecule has 1 heterocycles. The summed E-state index contributed by atoms with van der Waals surface area (Å²) in [6.07, 6.45) is 10.4. The fourth-order valence-electron chi connectivity index (χ4n) is 3.60. The van der Waals surface area contributed by atoms with E-state index in [1.165, 1.54) is 12.0 Å². The molecule has 0 spiro atoms. The number of benzene rings is 1. The molecular formula is C20H26N2O.